The maximum Gasteiger partial charge on any atom is 0.332 e. The third-order valence-electron chi connectivity index (χ3n) is 5.64. The lowest BCUT2D eigenvalue weighted by Gasteiger charge is -2.28. The predicted octanol–water partition coefficient (Wildman–Crippen LogP) is 2.57. The first-order valence-corrected chi connectivity index (χ1v) is 9.54. The summed E-state index contributed by atoms with van der Waals surface area (Å²) < 4.78 is 29.7. The van der Waals surface area contributed by atoms with Crippen molar-refractivity contribution in [3.8, 4) is 0 Å². The number of allylic oxidation sites excluding steroid dienone is 4. The van der Waals surface area contributed by atoms with Gasteiger partial charge in [-0.05, 0) is 56.2 Å². The molecule has 1 fully saturated rings. The molecule has 6 nitrogen and oxygen atoms in total. The molecule has 4 rings (SSSR count). The number of aromatic nitrogens is 3. The van der Waals surface area contributed by atoms with Crippen molar-refractivity contribution in [1.82, 2.24) is 14.1 Å². The molecule has 0 saturated heterocycles. The summed E-state index contributed by atoms with van der Waals surface area (Å²) in [4.78, 5) is 30.3. The van der Waals surface area contributed by atoms with Gasteiger partial charge in [0, 0.05) is 18.6 Å². The minimum atomic E-state index is -0.630. The molecule has 2 N–H and O–H groups in total. The molecular weight excluding hydrogens is 366 g/mol. The van der Waals surface area contributed by atoms with Crippen LogP contribution in [0.25, 0.3) is 11.0 Å². The zero-order chi connectivity index (χ0) is 19.8. The molecule has 0 aliphatic heterocycles. The molecule has 0 bridgehead atoms. The van der Waals surface area contributed by atoms with E-state index in [0.29, 0.717) is 19.3 Å². The Hall–Kier alpha value is -2.61. The molecular formula is C20H22F2N4O2. The molecule has 1 unspecified atom stereocenters. The summed E-state index contributed by atoms with van der Waals surface area (Å²) in [5.74, 6) is -1.05. The molecule has 0 radical (unpaired) electrons. The fraction of sp³-hybridized carbons (Fsp3) is 0.450. The van der Waals surface area contributed by atoms with Crippen LogP contribution in [0.3, 0.4) is 0 Å². The molecule has 28 heavy (non-hydrogen) atoms. The van der Waals surface area contributed by atoms with Gasteiger partial charge in [0.2, 0.25) is 0 Å². The van der Waals surface area contributed by atoms with Gasteiger partial charge in [-0.25, -0.2) is 18.6 Å². The highest BCUT2D eigenvalue weighted by molar-refractivity contribution is 5.73. The first-order chi connectivity index (χ1) is 13.4. The number of fused-ring (bicyclic) bond motifs is 1. The van der Waals surface area contributed by atoms with Crippen molar-refractivity contribution in [3.63, 3.8) is 0 Å². The maximum atomic E-state index is 13.8. The van der Waals surface area contributed by atoms with Gasteiger partial charge in [-0.2, -0.15) is 0 Å². The van der Waals surface area contributed by atoms with Crippen molar-refractivity contribution in [1.29, 1.82) is 0 Å². The van der Waals surface area contributed by atoms with Crippen LogP contribution in [-0.2, 0) is 6.54 Å². The highest BCUT2D eigenvalue weighted by atomic mass is 19.1. The van der Waals surface area contributed by atoms with E-state index in [-0.39, 0.29) is 41.4 Å². The second-order valence-electron chi connectivity index (χ2n) is 7.61. The molecule has 2 heterocycles. The van der Waals surface area contributed by atoms with Crippen LogP contribution in [0.1, 0.15) is 38.1 Å². The molecule has 2 aromatic rings. The summed E-state index contributed by atoms with van der Waals surface area (Å²) >= 11 is 0. The van der Waals surface area contributed by atoms with Crippen molar-refractivity contribution >= 4 is 11.0 Å². The number of halogens is 2. The van der Waals surface area contributed by atoms with Gasteiger partial charge in [-0.3, -0.25) is 13.9 Å². The molecule has 1 saturated carbocycles. The van der Waals surface area contributed by atoms with Gasteiger partial charge in [0.25, 0.3) is 5.56 Å². The van der Waals surface area contributed by atoms with E-state index >= 15 is 0 Å². The van der Waals surface area contributed by atoms with E-state index in [1.54, 1.807) is 6.08 Å². The zero-order valence-corrected chi connectivity index (χ0v) is 15.4. The number of nitrogens with zero attached hydrogens (tertiary/aromatic N) is 3. The molecule has 2 aliphatic carbocycles. The smallest absolute Gasteiger partial charge is 0.328 e. The summed E-state index contributed by atoms with van der Waals surface area (Å²) in [5, 5.41) is 0.0796. The SMILES string of the molecule is N[C@H]1CC[C@@H](n2c(=O)c3cc(F)cnc3n(CC3C=CC(F)=CC3)c2=O)CC1. The average molecular weight is 388 g/mol. The lowest BCUT2D eigenvalue weighted by Crippen LogP contribution is -2.45. The normalized spacial score (nSPS) is 25.1. The van der Waals surface area contributed by atoms with Gasteiger partial charge >= 0.3 is 5.69 Å². The average Bonchev–Trinajstić information content (AvgIpc) is 2.68. The van der Waals surface area contributed by atoms with Gasteiger partial charge < -0.3 is 5.73 Å². The fourth-order valence-electron chi connectivity index (χ4n) is 4.10. The highest BCUT2D eigenvalue weighted by Gasteiger charge is 2.26. The van der Waals surface area contributed by atoms with E-state index in [2.05, 4.69) is 4.98 Å². The van der Waals surface area contributed by atoms with Crippen LogP contribution in [0.5, 0.6) is 0 Å². The summed E-state index contributed by atoms with van der Waals surface area (Å²) in [7, 11) is 0. The number of hydrogen-bond acceptors (Lipinski definition) is 4. The number of hydrogen-bond donors (Lipinski definition) is 1. The first kappa shape index (κ1) is 18.7. The van der Waals surface area contributed by atoms with E-state index in [1.165, 1.54) is 21.3 Å². The van der Waals surface area contributed by atoms with E-state index < -0.39 is 17.1 Å². The Morgan fingerprint density at radius 3 is 2.61 bits per heavy atom. The zero-order valence-electron chi connectivity index (χ0n) is 15.4. The van der Waals surface area contributed by atoms with Crippen molar-refractivity contribution < 1.29 is 8.78 Å². The van der Waals surface area contributed by atoms with Crippen LogP contribution < -0.4 is 17.0 Å². The lowest BCUT2D eigenvalue weighted by atomic mass is 9.91. The first-order valence-electron chi connectivity index (χ1n) is 9.54. The third kappa shape index (κ3) is 3.44. The molecule has 8 heteroatoms. The lowest BCUT2D eigenvalue weighted by molar-refractivity contribution is 0.305. The Balaban J connectivity index is 1.84. The molecule has 0 aromatic carbocycles. The van der Waals surface area contributed by atoms with Crippen molar-refractivity contribution in [2.24, 2.45) is 11.7 Å². The molecule has 0 amide bonds. The topological polar surface area (TPSA) is 82.9 Å². The Morgan fingerprint density at radius 2 is 1.93 bits per heavy atom. The minimum absolute atomic E-state index is 0.0720. The molecule has 1 atom stereocenters. The second kappa shape index (κ2) is 7.43. The van der Waals surface area contributed by atoms with E-state index in [4.69, 9.17) is 5.73 Å². The van der Waals surface area contributed by atoms with Crippen LogP contribution in [0.2, 0.25) is 0 Å². The molecule has 148 valence electrons. The van der Waals surface area contributed by atoms with Crippen LogP contribution >= 0.6 is 0 Å². The number of pyridine rings is 1. The summed E-state index contributed by atoms with van der Waals surface area (Å²) in [6, 6.07) is 0.933. The van der Waals surface area contributed by atoms with Crippen LogP contribution in [0.4, 0.5) is 8.78 Å². The minimum Gasteiger partial charge on any atom is -0.328 e. The quantitative estimate of drug-likeness (QED) is 0.876. The van der Waals surface area contributed by atoms with Crippen LogP contribution in [0, 0.1) is 11.7 Å². The standard InChI is InChI=1S/C20H22F2N4O2/c21-13-3-1-12(2-4-13)11-25-18-17(9-14(22)10-24-18)19(27)26(20(25)28)16-7-5-15(23)6-8-16/h1,3-4,9-10,12,15-16H,2,5-8,11,23H2/t12?,15-,16+. The molecule has 0 spiro atoms. The van der Waals surface area contributed by atoms with Crippen LogP contribution in [-0.4, -0.2) is 20.2 Å². The summed E-state index contributed by atoms with van der Waals surface area (Å²) in [6.07, 6.45) is 8.68. The van der Waals surface area contributed by atoms with Gasteiger partial charge in [0.05, 0.1) is 11.6 Å². The molecule has 2 aromatic heterocycles. The largest absolute Gasteiger partial charge is 0.332 e. The third-order valence-corrected chi connectivity index (χ3v) is 5.64. The van der Waals surface area contributed by atoms with E-state index in [0.717, 1.165) is 25.1 Å². The van der Waals surface area contributed by atoms with E-state index in [1.807, 2.05) is 0 Å². The number of nitrogens with two attached hydrogens (primary N) is 1. The Bertz CT molecular complexity index is 1080. The van der Waals surface area contributed by atoms with Crippen molar-refractivity contribution in [3.05, 3.63) is 63.0 Å². The fourth-order valence-corrected chi connectivity index (χ4v) is 4.10. The highest BCUT2D eigenvalue weighted by Crippen LogP contribution is 2.26. The molecule has 2 aliphatic rings. The van der Waals surface area contributed by atoms with Crippen molar-refractivity contribution in [2.75, 3.05) is 0 Å². The Morgan fingerprint density at radius 1 is 1.18 bits per heavy atom. The van der Waals surface area contributed by atoms with Gasteiger partial charge in [-0.1, -0.05) is 6.08 Å². The van der Waals surface area contributed by atoms with Crippen LogP contribution in [0.15, 0.2) is 45.9 Å². The van der Waals surface area contributed by atoms with Gasteiger partial charge in [-0.15, -0.1) is 0 Å². The second-order valence-corrected chi connectivity index (χ2v) is 7.61. The summed E-state index contributed by atoms with van der Waals surface area (Å²) in [6.45, 7) is 0.237. The van der Waals surface area contributed by atoms with E-state index in [9.17, 15) is 18.4 Å². The van der Waals surface area contributed by atoms with Gasteiger partial charge in [0.1, 0.15) is 17.3 Å². The maximum absolute atomic E-state index is 13.8. The Labute approximate surface area is 160 Å². The van der Waals surface area contributed by atoms with Gasteiger partial charge in [0.15, 0.2) is 0 Å². The predicted molar refractivity (Wildman–Crippen MR) is 102 cm³/mol. The summed E-state index contributed by atoms with van der Waals surface area (Å²) in [5.41, 5.74) is 5.13. The monoisotopic (exact) mass is 388 g/mol. The van der Waals surface area contributed by atoms with Crippen molar-refractivity contribution in [2.45, 2.75) is 50.7 Å². The Kier molecular flexibility index (Phi) is 4.97. The number of rotatable bonds is 3.